The predicted octanol–water partition coefficient (Wildman–Crippen LogP) is 2.71. The third kappa shape index (κ3) is 3.25. The summed E-state index contributed by atoms with van der Waals surface area (Å²) in [6.07, 6.45) is 0. The number of amidine groups is 1. The van der Waals surface area contributed by atoms with E-state index in [0.717, 1.165) is 22.6 Å². The first-order valence-electron chi connectivity index (χ1n) is 5.38. The molecule has 0 aromatic heterocycles. The van der Waals surface area contributed by atoms with Gasteiger partial charge in [-0.05, 0) is 36.8 Å². The van der Waals surface area contributed by atoms with Crippen LogP contribution < -0.4 is 11.5 Å². The summed E-state index contributed by atoms with van der Waals surface area (Å²) in [5, 5.41) is 0.604. The van der Waals surface area contributed by atoms with Crippen molar-refractivity contribution in [2.45, 2.75) is 26.8 Å². The lowest BCUT2D eigenvalue weighted by atomic mass is 10.0. The normalized spacial score (nSPS) is 13.9. The third-order valence-corrected chi connectivity index (χ3v) is 3.04. The highest BCUT2D eigenvalue weighted by Crippen LogP contribution is 2.25. The predicted molar refractivity (Wildman–Crippen MR) is 73.2 cm³/mol. The maximum absolute atomic E-state index is 5.89. The molecule has 4 heteroatoms. The van der Waals surface area contributed by atoms with Gasteiger partial charge in [0, 0.05) is 6.04 Å². The fourth-order valence-corrected chi connectivity index (χ4v) is 2.01. The van der Waals surface area contributed by atoms with E-state index < -0.39 is 0 Å². The van der Waals surface area contributed by atoms with Gasteiger partial charge in [-0.2, -0.15) is 0 Å². The molecule has 0 aliphatic carbocycles. The minimum Gasteiger partial charge on any atom is -0.378 e. The van der Waals surface area contributed by atoms with E-state index in [9.17, 15) is 0 Å². The molecule has 4 N–H and O–H groups in total. The Morgan fingerprint density at radius 1 is 1.50 bits per heavy atom. The molecule has 0 saturated carbocycles. The van der Waals surface area contributed by atoms with Gasteiger partial charge >= 0.3 is 0 Å². The maximum atomic E-state index is 5.89. The van der Waals surface area contributed by atoms with Crippen molar-refractivity contribution in [3.05, 3.63) is 29.3 Å². The van der Waals surface area contributed by atoms with Gasteiger partial charge in [-0.25, -0.2) is 4.99 Å². The smallest absolute Gasteiger partial charge is 0.159 e. The quantitative estimate of drug-likeness (QED) is 0.627. The molecule has 88 valence electrons. The molecule has 0 spiro atoms. The van der Waals surface area contributed by atoms with Crippen molar-refractivity contribution < 1.29 is 0 Å². The van der Waals surface area contributed by atoms with Crippen molar-refractivity contribution in [2.75, 3.05) is 5.75 Å². The van der Waals surface area contributed by atoms with E-state index in [0.29, 0.717) is 5.17 Å². The summed E-state index contributed by atoms with van der Waals surface area (Å²) in [6.45, 7) is 6.06. The van der Waals surface area contributed by atoms with E-state index in [-0.39, 0.29) is 6.04 Å². The monoisotopic (exact) mass is 237 g/mol. The number of nitrogens with zero attached hydrogens (tertiary/aromatic N) is 1. The second-order valence-electron chi connectivity index (χ2n) is 3.66. The Morgan fingerprint density at radius 3 is 2.75 bits per heavy atom. The van der Waals surface area contributed by atoms with Crippen LogP contribution in [0.1, 0.15) is 31.0 Å². The zero-order valence-corrected chi connectivity index (χ0v) is 10.8. The number of rotatable bonds is 3. The highest BCUT2D eigenvalue weighted by molar-refractivity contribution is 8.13. The Bertz CT molecular complexity index is 386. The van der Waals surface area contributed by atoms with Crippen molar-refractivity contribution in [3.63, 3.8) is 0 Å². The lowest BCUT2D eigenvalue weighted by Crippen LogP contribution is -2.08. The Kier molecular flexibility index (Phi) is 4.83. The Hall–Kier alpha value is -1.00. The number of hydrogen-bond donors (Lipinski definition) is 2. The van der Waals surface area contributed by atoms with E-state index >= 15 is 0 Å². The van der Waals surface area contributed by atoms with Crippen LogP contribution in [0, 0.1) is 6.92 Å². The van der Waals surface area contributed by atoms with Gasteiger partial charge in [0.15, 0.2) is 5.17 Å². The molecule has 3 nitrogen and oxygen atoms in total. The van der Waals surface area contributed by atoms with Gasteiger partial charge in [-0.15, -0.1) is 0 Å². The van der Waals surface area contributed by atoms with Crippen molar-refractivity contribution in [3.8, 4) is 0 Å². The van der Waals surface area contributed by atoms with Crippen molar-refractivity contribution in [1.29, 1.82) is 0 Å². The molecule has 0 aliphatic rings. The number of thioether (sulfide) groups is 1. The minimum absolute atomic E-state index is 0.0233. The molecule has 1 atom stereocenters. The molecular formula is C12H19N3S. The van der Waals surface area contributed by atoms with Crippen LogP contribution in [0.5, 0.6) is 0 Å². The molecule has 0 bridgehead atoms. The summed E-state index contributed by atoms with van der Waals surface area (Å²) < 4.78 is 0. The van der Waals surface area contributed by atoms with Crippen LogP contribution in [0.2, 0.25) is 0 Å². The summed E-state index contributed by atoms with van der Waals surface area (Å²) in [6, 6.07) is 5.98. The van der Waals surface area contributed by atoms with Gasteiger partial charge in [-0.3, -0.25) is 0 Å². The highest BCUT2D eigenvalue weighted by Gasteiger charge is 2.07. The molecule has 0 amide bonds. The lowest BCUT2D eigenvalue weighted by Gasteiger charge is -2.11. The molecule has 0 fully saturated rings. The Balaban J connectivity index is 3.06. The number of aliphatic imine (C=N–C) groups is 1. The standard InChI is InChI=1S/C12H19N3S/c1-4-16-12(14)15-11-7-5-6-10(8(11)2)9(3)13/h5-7,9H,4,13H2,1-3H3,(H2,14,15). The fraction of sp³-hybridized carbons (Fsp3) is 0.417. The SMILES string of the molecule is CCSC(N)=Nc1cccc(C(C)N)c1C. The van der Waals surface area contributed by atoms with Gasteiger partial charge in [0.25, 0.3) is 0 Å². The maximum Gasteiger partial charge on any atom is 0.159 e. The van der Waals surface area contributed by atoms with E-state index in [4.69, 9.17) is 11.5 Å². The van der Waals surface area contributed by atoms with Crippen LogP contribution in [0.4, 0.5) is 5.69 Å². The highest BCUT2D eigenvalue weighted by atomic mass is 32.2. The average molecular weight is 237 g/mol. The van der Waals surface area contributed by atoms with Crippen molar-refractivity contribution in [1.82, 2.24) is 0 Å². The van der Waals surface area contributed by atoms with Crippen LogP contribution >= 0.6 is 11.8 Å². The first kappa shape index (κ1) is 13.1. The molecule has 0 aliphatic heterocycles. The molecule has 0 heterocycles. The van der Waals surface area contributed by atoms with Gasteiger partial charge < -0.3 is 11.5 Å². The van der Waals surface area contributed by atoms with E-state index in [1.807, 2.05) is 32.0 Å². The van der Waals surface area contributed by atoms with Crippen LogP contribution in [0.3, 0.4) is 0 Å². The first-order chi connectivity index (χ1) is 7.56. The van der Waals surface area contributed by atoms with E-state index in [1.165, 1.54) is 0 Å². The summed E-state index contributed by atoms with van der Waals surface area (Å²) in [7, 11) is 0. The van der Waals surface area contributed by atoms with Crippen LogP contribution in [-0.2, 0) is 0 Å². The van der Waals surface area contributed by atoms with Gasteiger partial charge in [0.2, 0.25) is 0 Å². The minimum atomic E-state index is 0.0233. The summed E-state index contributed by atoms with van der Waals surface area (Å²) in [5.74, 6) is 0.932. The number of hydrogen-bond acceptors (Lipinski definition) is 3. The Labute approximate surface area is 101 Å². The van der Waals surface area contributed by atoms with Gasteiger partial charge in [0.05, 0.1) is 5.69 Å². The second-order valence-corrected chi connectivity index (χ2v) is 4.95. The van der Waals surface area contributed by atoms with Gasteiger partial charge in [0.1, 0.15) is 0 Å². The molecular weight excluding hydrogens is 218 g/mol. The molecule has 1 unspecified atom stereocenters. The summed E-state index contributed by atoms with van der Waals surface area (Å²) >= 11 is 1.55. The summed E-state index contributed by atoms with van der Waals surface area (Å²) in [5.41, 5.74) is 14.8. The summed E-state index contributed by atoms with van der Waals surface area (Å²) in [4.78, 5) is 4.39. The van der Waals surface area contributed by atoms with E-state index in [1.54, 1.807) is 11.8 Å². The Morgan fingerprint density at radius 2 is 2.19 bits per heavy atom. The largest absolute Gasteiger partial charge is 0.378 e. The third-order valence-electron chi connectivity index (χ3n) is 2.36. The zero-order chi connectivity index (χ0) is 12.1. The lowest BCUT2D eigenvalue weighted by molar-refractivity contribution is 0.810. The molecule has 1 aromatic carbocycles. The number of nitrogens with two attached hydrogens (primary N) is 2. The molecule has 0 saturated heterocycles. The fourth-order valence-electron chi connectivity index (χ4n) is 1.55. The topological polar surface area (TPSA) is 64.4 Å². The number of benzene rings is 1. The first-order valence-corrected chi connectivity index (χ1v) is 6.36. The van der Waals surface area contributed by atoms with Crippen molar-refractivity contribution in [2.24, 2.45) is 16.5 Å². The zero-order valence-electron chi connectivity index (χ0n) is 10.0. The molecule has 1 rings (SSSR count). The second kappa shape index (κ2) is 5.92. The molecule has 0 radical (unpaired) electrons. The van der Waals surface area contributed by atoms with Crippen LogP contribution in [0.15, 0.2) is 23.2 Å². The molecule has 16 heavy (non-hydrogen) atoms. The molecule has 1 aromatic rings. The van der Waals surface area contributed by atoms with Gasteiger partial charge in [-0.1, -0.05) is 30.8 Å². The average Bonchev–Trinajstić information content (AvgIpc) is 2.21. The van der Waals surface area contributed by atoms with E-state index in [2.05, 4.69) is 11.9 Å². The van der Waals surface area contributed by atoms with Crippen molar-refractivity contribution >= 4 is 22.6 Å². The van der Waals surface area contributed by atoms with Crippen LogP contribution in [0.25, 0.3) is 0 Å². The van der Waals surface area contributed by atoms with Crippen LogP contribution in [-0.4, -0.2) is 10.9 Å².